The molecule has 0 unspecified atom stereocenters. The minimum atomic E-state index is -0.847. The Labute approximate surface area is 71.8 Å². The third kappa shape index (κ3) is 4.72. The highest BCUT2D eigenvalue weighted by atomic mass is 32.1. The Balaban J connectivity index is 3.88. The van der Waals surface area contributed by atoms with E-state index in [9.17, 15) is 4.79 Å². The molecular weight excluding hydrogens is 162 g/mol. The summed E-state index contributed by atoms with van der Waals surface area (Å²) in [4.78, 5) is 10.5. The molecule has 3 nitrogen and oxygen atoms in total. The summed E-state index contributed by atoms with van der Waals surface area (Å²) in [6, 6.07) is -0.535. The molecule has 0 saturated heterocycles. The SMILES string of the molecule is CC(C)C[C@H](NC=S)C(=O)O. The average molecular weight is 175 g/mol. The first-order chi connectivity index (χ1) is 5.07. The molecule has 0 aromatic rings. The number of aliphatic carboxylic acids is 1. The quantitative estimate of drug-likeness (QED) is 0.613. The van der Waals surface area contributed by atoms with Gasteiger partial charge in [-0.25, -0.2) is 4.79 Å². The van der Waals surface area contributed by atoms with Gasteiger partial charge in [0.2, 0.25) is 0 Å². The van der Waals surface area contributed by atoms with Gasteiger partial charge in [-0.05, 0) is 12.3 Å². The van der Waals surface area contributed by atoms with Crippen LogP contribution < -0.4 is 5.32 Å². The van der Waals surface area contributed by atoms with Crippen LogP contribution in [-0.4, -0.2) is 22.6 Å². The monoisotopic (exact) mass is 175 g/mol. The van der Waals surface area contributed by atoms with E-state index >= 15 is 0 Å². The van der Waals surface area contributed by atoms with Gasteiger partial charge in [0.25, 0.3) is 0 Å². The average Bonchev–Trinajstić information content (AvgIpc) is 1.86. The molecule has 0 amide bonds. The summed E-state index contributed by atoms with van der Waals surface area (Å²) >= 11 is 4.50. The van der Waals surface area contributed by atoms with Crippen LogP contribution in [0.15, 0.2) is 0 Å². The molecule has 0 aromatic heterocycles. The van der Waals surface area contributed by atoms with Crippen LogP contribution >= 0.6 is 12.2 Å². The zero-order valence-corrected chi connectivity index (χ0v) is 7.52. The predicted molar refractivity (Wildman–Crippen MR) is 47.7 cm³/mol. The highest BCUT2D eigenvalue weighted by molar-refractivity contribution is 7.78. The largest absolute Gasteiger partial charge is 0.480 e. The van der Waals surface area contributed by atoms with E-state index in [0.717, 1.165) is 0 Å². The van der Waals surface area contributed by atoms with Gasteiger partial charge in [-0.2, -0.15) is 0 Å². The number of carbonyl (C=O) groups is 1. The van der Waals surface area contributed by atoms with Crippen LogP contribution in [0.1, 0.15) is 20.3 Å². The van der Waals surface area contributed by atoms with Crippen molar-refractivity contribution < 1.29 is 9.90 Å². The van der Waals surface area contributed by atoms with Crippen molar-refractivity contribution in [2.75, 3.05) is 0 Å². The van der Waals surface area contributed by atoms with E-state index in [1.54, 1.807) is 0 Å². The summed E-state index contributed by atoms with van der Waals surface area (Å²) in [6.45, 7) is 3.95. The van der Waals surface area contributed by atoms with E-state index in [1.165, 1.54) is 5.49 Å². The predicted octanol–water partition coefficient (Wildman–Crippen LogP) is 1.03. The molecule has 0 rings (SSSR count). The van der Waals surface area contributed by atoms with Crippen molar-refractivity contribution in [1.82, 2.24) is 5.32 Å². The van der Waals surface area contributed by atoms with Gasteiger partial charge < -0.3 is 10.4 Å². The summed E-state index contributed by atoms with van der Waals surface area (Å²) in [7, 11) is 0. The highest BCUT2D eigenvalue weighted by Gasteiger charge is 2.16. The molecule has 0 aromatic carbocycles. The van der Waals surface area contributed by atoms with Gasteiger partial charge in [0.1, 0.15) is 6.04 Å². The Kier molecular flexibility index (Phi) is 4.77. The van der Waals surface area contributed by atoms with E-state index in [-0.39, 0.29) is 0 Å². The molecule has 4 heteroatoms. The Morgan fingerprint density at radius 2 is 2.27 bits per heavy atom. The number of hydrogen-bond acceptors (Lipinski definition) is 2. The zero-order chi connectivity index (χ0) is 8.85. The minimum absolute atomic E-state index is 0.360. The second-order valence-electron chi connectivity index (χ2n) is 2.80. The zero-order valence-electron chi connectivity index (χ0n) is 6.70. The van der Waals surface area contributed by atoms with Crippen LogP contribution in [-0.2, 0) is 4.79 Å². The van der Waals surface area contributed by atoms with Crippen molar-refractivity contribution in [2.24, 2.45) is 5.92 Å². The van der Waals surface area contributed by atoms with Crippen molar-refractivity contribution in [3.8, 4) is 0 Å². The second kappa shape index (κ2) is 5.07. The molecule has 64 valence electrons. The number of carboxylic acid groups (broad SMARTS) is 1. The molecule has 11 heavy (non-hydrogen) atoms. The summed E-state index contributed by atoms with van der Waals surface area (Å²) in [5.74, 6) is -0.488. The van der Waals surface area contributed by atoms with Gasteiger partial charge >= 0.3 is 5.97 Å². The Hall–Kier alpha value is -0.640. The summed E-state index contributed by atoms with van der Waals surface area (Å²) in [6.07, 6.45) is 0.600. The molecule has 0 aliphatic carbocycles. The van der Waals surface area contributed by atoms with Gasteiger partial charge in [0.05, 0.1) is 5.49 Å². The molecule has 0 aliphatic heterocycles. The van der Waals surface area contributed by atoms with Gasteiger partial charge in [0, 0.05) is 0 Å². The fourth-order valence-corrected chi connectivity index (χ4v) is 0.958. The van der Waals surface area contributed by atoms with E-state index in [0.29, 0.717) is 12.3 Å². The summed E-state index contributed by atoms with van der Waals surface area (Å²) < 4.78 is 0. The van der Waals surface area contributed by atoms with Gasteiger partial charge in [-0.15, -0.1) is 0 Å². The van der Waals surface area contributed by atoms with Crippen LogP contribution in [0.5, 0.6) is 0 Å². The van der Waals surface area contributed by atoms with Crippen LogP contribution in [0.25, 0.3) is 0 Å². The van der Waals surface area contributed by atoms with E-state index in [2.05, 4.69) is 17.5 Å². The maximum absolute atomic E-state index is 10.5. The molecular formula is C7H13NO2S. The van der Waals surface area contributed by atoms with Gasteiger partial charge in [-0.3, -0.25) is 0 Å². The lowest BCUT2D eigenvalue weighted by atomic mass is 10.0. The number of rotatable bonds is 5. The van der Waals surface area contributed by atoms with Crippen molar-refractivity contribution in [2.45, 2.75) is 26.3 Å². The van der Waals surface area contributed by atoms with E-state index < -0.39 is 12.0 Å². The van der Waals surface area contributed by atoms with E-state index in [4.69, 9.17) is 5.11 Å². The molecule has 0 fully saturated rings. The van der Waals surface area contributed by atoms with E-state index in [1.807, 2.05) is 13.8 Å². The number of carboxylic acids is 1. The van der Waals surface area contributed by atoms with Crippen molar-refractivity contribution in [1.29, 1.82) is 0 Å². The topological polar surface area (TPSA) is 49.3 Å². The fraction of sp³-hybridized carbons (Fsp3) is 0.714. The first-order valence-corrected chi connectivity index (χ1v) is 3.97. The van der Waals surface area contributed by atoms with Gasteiger partial charge in [-0.1, -0.05) is 26.1 Å². The van der Waals surface area contributed by atoms with Crippen LogP contribution in [0, 0.1) is 5.92 Å². The number of hydrogen-bond donors (Lipinski definition) is 2. The lowest BCUT2D eigenvalue weighted by molar-refractivity contribution is -0.139. The molecule has 0 aliphatic rings. The Morgan fingerprint density at radius 3 is 2.55 bits per heavy atom. The first kappa shape index (κ1) is 10.4. The molecule has 0 heterocycles. The molecule has 0 saturated carbocycles. The van der Waals surface area contributed by atoms with Crippen molar-refractivity contribution in [3.05, 3.63) is 0 Å². The van der Waals surface area contributed by atoms with Crippen molar-refractivity contribution >= 4 is 23.7 Å². The van der Waals surface area contributed by atoms with Crippen LogP contribution in [0.4, 0.5) is 0 Å². The lowest BCUT2D eigenvalue weighted by Crippen LogP contribution is -2.36. The summed E-state index contributed by atoms with van der Waals surface area (Å²) in [5.41, 5.74) is 1.25. The first-order valence-electron chi connectivity index (χ1n) is 3.50. The maximum Gasteiger partial charge on any atom is 0.326 e. The fourth-order valence-electron chi connectivity index (χ4n) is 0.794. The number of nitrogens with one attached hydrogen (secondary N) is 1. The molecule has 0 bridgehead atoms. The molecule has 1 atom stereocenters. The van der Waals surface area contributed by atoms with Crippen LogP contribution in [0.2, 0.25) is 0 Å². The lowest BCUT2D eigenvalue weighted by Gasteiger charge is -2.13. The summed E-state index contributed by atoms with van der Waals surface area (Å²) in [5, 5.41) is 11.2. The number of thiocarbonyl (C=S) groups is 1. The van der Waals surface area contributed by atoms with Crippen molar-refractivity contribution in [3.63, 3.8) is 0 Å². The van der Waals surface area contributed by atoms with Gasteiger partial charge in [0.15, 0.2) is 0 Å². The minimum Gasteiger partial charge on any atom is -0.480 e. The highest BCUT2D eigenvalue weighted by Crippen LogP contribution is 2.03. The normalized spacial score (nSPS) is 12.6. The Morgan fingerprint density at radius 1 is 1.73 bits per heavy atom. The third-order valence-corrected chi connectivity index (χ3v) is 1.41. The standard InChI is InChI=1S/C7H13NO2S/c1-5(2)3-6(7(9)10)8-4-11/h4-6H,3H2,1-2H3,(H,8,11)(H,9,10)/t6-/m0/s1. The third-order valence-electron chi connectivity index (χ3n) is 1.27. The molecule has 0 radical (unpaired) electrons. The maximum atomic E-state index is 10.5. The molecule has 2 N–H and O–H groups in total. The smallest absolute Gasteiger partial charge is 0.326 e. The second-order valence-corrected chi connectivity index (χ2v) is 3.04. The Bertz CT molecular complexity index is 147. The van der Waals surface area contributed by atoms with Crippen LogP contribution in [0.3, 0.4) is 0 Å². The molecule has 0 spiro atoms.